The third-order valence-electron chi connectivity index (χ3n) is 3.84. The lowest BCUT2D eigenvalue weighted by Gasteiger charge is -2.38. The van der Waals surface area contributed by atoms with Crippen LogP contribution in [0.5, 0.6) is 5.75 Å². The summed E-state index contributed by atoms with van der Waals surface area (Å²) in [5.74, 6) is 0.978. The fraction of sp³-hybridized carbons (Fsp3) is 0.600. The van der Waals surface area contributed by atoms with Crippen molar-refractivity contribution in [2.75, 3.05) is 13.7 Å². The Morgan fingerprint density at radius 3 is 2.79 bits per heavy atom. The summed E-state index contributed by atoms with van der Waals surface area (Å²) in [5, 5.41) is 0. The van der Waals surface area contributed by atoms with Crippen LogP contribution in [0.25, 0.3) is 0 Å². The molecule has 0 aliphatic carbocycles. The minimum atomic E-state index is 0. The number of ether oxygens (including phenoxy) is 1. The van der Waals surface area contributed by atoms with Crippen molar-refractivity contribution in [1.29, 1.82) is 0 Å². The molecule has 2 N–H and O–H groups in total. The Bertz CT molecular complexity index is 384. The molecule has 1 aromatic rings. The van der Waals surface area contributed by atoms with Crippen molar-refractivity contribution in [2.45, 2.75) is 44.8 Å². The maximum Gasteiger partial charge on any atom is 0.123 e. The van der Waals surface area contributed by atoms with E-state index in [2.05, 4.69) is 24.0 Å². The summed E-state index contributed by atoms with van der Waals surface area (Å²) in [6, 6.07) is 9.00. The van der Waals surface area contributed by atoms with Crippen LogP contribution in [0.3, 0.4) is 0 Å². The van der Waals surface area contributed by atoms with Gasteiger partial charge in [0.25, 0.3) is 0 Å². The van der Waals surface area contributed by atoms with Crippen LogP contribution in [-0.2, 0) is 6.54 Å². The van der Waals surface area contributed by atoms with Gasteiger partial charge in [-0.1, -0.05) is 24.6 Å². The van der Waals surface area contributed by atoms with Gasteiger partial charge in [0.15, 0.2) is 0 Å². The van der Waals surface area contributed by atoms with E-state index in [4.69, 9.17) is 10.5 Å². The number of methoxy groups -OCH3 is 1. The number of halogens is 1. The molecular formula is C15H25ClN2O. The minimum Gasteiger partial charge on any atom is -0.496 e. The molecule has 4 heteroatoms. The highest BCUT2D eigenvalue weighted by Crippen LogP contribution is 2.25. The van der Waals surface area contributed by atoms with Crippen molar-refractivity contribution in [3.8, 4) is 5.75 Å². The second-order valence-corrected chi connectivity index (χ2v) is 5.20. The Morgan fingerprint density at radius 2 is 2.11 bits per heavy atom. The summed E-state index contributed by atoms with van der Waals surface area (Å²) in [7, 11) is 1.73. The smallest absolute Gasteiger partial charge is 0.123 e. The molecule has 1 aromatic carbocycles. The molecule has 0 radical (unpaired) electrons. The van der Waals surface area contributed by atoms with Crippen LogP contribution in [0, 0.1) is 0 Å². The third-order valence-corrected chi connectivity index (χ3v) is 3.84. The quantitative estimate of drug-likeness (QED) is 0.924. The summed E-state index contributed by atoms with van der Waals surface area (Å²) >= 11 is 0. The maximum atomic E-state index is 6.11. The SMILES string of the molecule is COc1ccccc1CN1CCCCC1C(C)N.Cl. The number of piperidine rings is 1. The number of hydrogen-bond donors (Lipinski definition) is 1. The highest BCUT2D eigenvalue weighted by Gasteiger charge is 2.25. The summed E-state index contributed by atoms with van der Waals surface area (Å²) < 4.78 is 5.42. The van der Waals surface area contributed by atoms with E-state index in [1.54, 1.807) is 7.11 Å². The lowest BCUT2D eigenvalue weighted by molar-refractivity contribution is 0.122. The first kappa shape index (κ1) is 16.3. The Kier molecular flexibility index (Phi) is 6.63. The second-order valence-electron chi connectivity index (χ2n) is 5.20. The normalized spacial score (nSPS) is 21.5. The fourth-order valence-electron chi connectivity index (χ4n) is 2.86. The Balaban J connectivity index is 0.00000180. The molecule has 0 amide bonds. The van der Waals surface area contributed by atoms with Crippen molar-refractivity contribution in [3.05, 3.63) is 29.8 Å². The first-order chi connectivity index (χ1) is 8.72. The predicted octanol–water partition coefficient (Wildman–Crippen LogP) is 2.82. The molecule has 0 bridgehead atoms. The molecule has 1 heterocycles. The van der Waals surface area contributed by atoms with Gasteiger partial charge in [0.2, 0.25) is 0 Å². The van der Waals surface area contributed by atoms with Crippen molar-refractivity contribution in [3.63, 3.8) is 0 Å². The van der Waals surface area contributed by atoms with Gasteiger partial charge in [-0.3, -0.25) is 4.90 Å². The second kappa shape index (κ2) is 7.73. The van der Waals surface area contributed by atoms with E-state index >= 15 is 0 Å². The molecular weight excluding hydrogens is 260 g/mol. The molecule has 2 unspecified atom stereocenters. The number of rotatable bonds is 4. The van der Waals surface area contributed by atoms with Gasteiger partial charge in [-0.25, -0.2) is 0 Å². The zero-order valence-corrected chi connectivity index (χ0v) is 12.7. The average Bonchev–Trinajstić information content (AvgIpc) is 2.40. The predicted molar refractivity (Wildman–Crippen MR) is 81.9 cm³/mol. The number of hydrogen-bond acceptors (Lipinski definition) is 3. The molecule has 1 aliphatic heterocycles. The molecule has 0 spiro atoms. The molecule has 0 aromatic heterocycles. The first-order valence-corrected chi connectivity index (χ1v) is 6.84. The van der Waals surface area contributed by atoms with Crippen LogP contribution >= 0.6 is 12.4 Å². The Morgan fingerprint density at radius 1 is 1.37 bits per heavy atom. The van der Waals surface area contributed by atoms with Gasteiger partial charge in [-0.2, -0.15) is 0 Å². The van der Waals surface area contributed by atoms with E-state index in [0.29, 0.717) is 6.04 Å². The standard InChI is InChI=1S/C15H24N2O.ClH/c1-12(16)14-8-5-6-10-17(14)11-13-7-3-4-9-15(13)18-2;/h3-4,7,9,12,14H,5-6,8,10-11,16H2,1-2H3;1H. The molecule has 1 fully saturated rings. The largest absolute Gasteiger partial charge is 0.496 e. The van der Waals surface area contributed by atoms with Gasteiger partial charge in [-0.05, 0) is 32.4 Å². The molecule has 1 aliphatic rings. The maximum absolute atomic E-state index is 6.11. The monoisotopic (exact) mass is 284 g/mol. The minimum absolute atomic E-state index is 0. The van der Waals surface area contributed by atoms with Crippen LogP contribution < -0.4 is 10.5 Å². The number of likely N-dealkylation sites (tertiary alicyclic amines) is 1. The van der Waals surface area contributed by atoms with Crippen molar-refractivity contribution in [1.82, 2.24) is 4.90 Å². The number of para-hydroxylation sites is 1. The Labute approximate surface area is 122 Å². The van der Waals surface area contributed by atoms with Gasteiger partial charge < -0.3 is 10.5 Å². The van der Waals surface area contributed by atoms with Crippen molar-refractivity contribution in [2.24, 2.45) is 5.73 Å². The fourth-order valence-corrected chi connectivity index (χ4v) is 2.86. The van der Waals surface area contributed by atoms with E-state index in [-0.39, 0.29) is 18.4 Å². The average molecular weight is 285 g/mol. The number of nitrogens with two attached hydrogens (primary N) is 1. The molecule has 1 saturated heterocycles. The van der Waals surface area contributed by atoms with Gasteiger partial charge in [0.05, 0.1) is 7.11 Å². The van der Waals surface area contributed by atoms with E-state index < -0.39 is 0 Å². The van der Waals surface area contributed by atoms with Crippen molar-refractivity contribution < 1.29 is 4.74 Å². The first-order valence-electron chi connectivity index (χ1n) is 6.84. The van der Waals surface area contributed by atoms with Crippen LogP contribution in [-0.4, -0.2) is 30.6 Å². The summed E-state index contributed by atoms with van der Waals surface area (Å²) in [5.41, 5.74) is 7.37. The summed E-state index contributed by atoms with van der Waals surface area (Å²) in [6.45, 7) is 4.20. The molecule has 0 saturated carbocycles. The van der Waals surface area contributed by atoms with E-state index in [0.717, 1.165) is 18.8 Å². The number of nitrogens with zero attached hydrogens (tertiary/aromatic N) is 1. The zero-order valence-electron chi connectivity index (χ0n) is 11.8. The van der Waals surface area contributed by atoms with Crippen LogP contribution in [0.1, 0.15) is 31.7 Å². The van der Waals surface area contributed by atoms with Gasteiger partial charge in [0.1, 0.15) is 5.75 Å². The molecule has 2 atom stereocenters. The van der Waals surface area contributed by atoms with Gasteiger partial charge >= 0.3 is 0 Å². The lowest BCUT2D eigenvalue weighted by Crippen LogP contribution is -2.48. The lowest BCUT2D eigenvalue weighted by atomic mass is 9.96. The van der Waals surface area contributed by atoms with Crippen molar-refractivity contribution >= 4 is 12.4 Å². The Hall–Kier alpha value is -0.770. The molecule has 2 rings (SSSR count). The third kappa shape index (κ3) is 4.10. The molecule has 19 heavy (non-hydrogen) atoms. The van der Waals surface area contributed by atoms with Gasteiger partial charge in [-0.15, -0.1) is 12.4 Å². The van der Waals surface area contributed by atoms with E-state index in [1.807, 2.05) is 12.1 Å². The van der Waals surface area contributed by atoms with Crippen LogP contribution in [0.15, 0.2) is 24.3 Å². The van der Waals surface area contributed by atoms with Crippen LogP contribution in [0.4, 0.5) is 0 Å². The topological polar surface area (TPSA) is 38.5 Å². The number of benzene rings is 1. The summed E-state index contributed by atoms with van der Waals surface area (Å²) in [4.78, 5) is 2.51. The molecule has 108 valence electrons. The highest BCUT2D eigenvalue weighted by atomic mass is 35.5. The van der Waals surface area contributed by atoms with Crippen LogP contribution in [0.2, 0.25) is 0 Å². The molecule has 3 nitrogen and oxygen atoms in total. The summed E-state index contributed by atoms with van der Waals surface area (Å²) in [6.07, 6.45) is 3.79. The van der Waals surface area contributed by atoms with E-state index in [9.17, 15) is 0 Å². The zero-order chi connectivity index (χ0) is 13.0. The van der Waals surface area contributed by atoms with E-state index in [1.165, 1.54) is 24.8 Å². The highest BCUT2D eigenvalue weighted by molar-refractivity contribution is 5.85. The van der Waals surface area contributed by atoms with Gasteiger partial charge in [0, 0.05) is 24.2 Å².